The van der Waals surface area contributed by atoms with Gasteiger partial charge >= 0.3 is 5.69 Å². The van der Waals surface area contributed by atoms with Crippen molar-refractivity contribution in [1.82, 2.24) is 9.55 Å². The summed E-state index contributed by atoms with van der Waals surface area (Å²) in [6, 6.07) is 6.63. The number of ether oxygens (including phenoxy) is 1. The van der Waals surface area contributed by atoms with Crippen LogP contribution < -0.4 is 5.69 Å². The van der Waals surface area contributed by atoms with Crippen molar-refractivity contribution in [2.24, 2.45) is 0 Å². The highest BCUT2D eigenvalue weighted by molar-refractivity contribution is 7.98. The molecular formula is C20H23N3O4S. The zero-order valence-electron chi connectivity index (χ0n) is 15.6. The van der Waals surface area contributed by atoms with E-state index in [1.807, 2.05) is 10.6 Å². The predicted octanol–water partition coefficient (Wildman–Crippen LogP) is 3.50. The lowest BCUT2D eigenvalue weighted by atomic mass is 9.97. The summed E-state index contributed by atoms with van der Waals surface area (Å²) < 4.78 is 7.54. The molecule has 7 nitrogen and oxygen atoms in total. The van der Waals surface area contributed by atoms with Crippen molar-refractivity contribution in [3.8, 4) is 0 Å². The van der Waals surface area contributed by atoms with Crippen LogP contribution in [0.25, 0.3) is 0 Å². The monoisotopic (exact) mass is 401 g/mol. The van der Waals surface area contributed by atoms with Gasteiger partial charge in [-0.2, -0.15) is 4.98 Å². The lowest BCUT2D eigenvalue weighted by Crippen LogP contribution is -2.33. The lowest BCUT2D eigenvalue weighted by molar-refractivity contribution is -0.384. The van der Waals surface area contributed by atoms with Crippen LogP contribution in [0.1, 0.15) is 42.5 Å². The number of benzene rings is 1. The van der Waals surface area contributed by atoms with E-state index in [1.165, 1.54) is 23.4 Å². The van der Waals surface area contributed by atoms with E-state index in [0.717, 1.165) is 61.4 Å². The number of nitro groups is 1. The van der Waals surface area contributed by atoms with Gasteiger partial charge in [0.1, 0.15) is 5.03 Å². The van der Waals surface area contributed by atoms with Crippen LogP contribution in [0.5, 0.6) is 0 Å². The number of aromatic nitrogens is 2. The number of thioether (sulfide) groups is 1. The molecule has 0 N–H and O–H groups in total. The van der Waals surface area contributed by atoms with Crippen molar-refractivity contribution >= 4 is 17.4 Å². The molecule has 1 fully saturated rings. The number of hydrogen-bond acceptors (Lipinski definition) is 6. The number of fused-ring (bicyclic) bond motifs is 1. The standard InChI is InChI=1S/C20H23N3O4S/c24-20-21-19(28-13-14-5-3-6-15(11-14)23(25)26)17-8-1-2-9-18(17)22(20)12-16-7-4-10-27-16/h3,5-6,11,16H,1-2,4,7-10,12-13H2/t16-/m1/s1. The third-order valence-electron chi connectivity index (χ3n) is 5.36. The van der Waals surface area contributed by atoms with Crippen molar-refractivity contribution in [3.05, 3.63) is 61.7 Å². The van der Waals surface area contributed by atoms with Crippen molar-refractivity contribution in [2.45, 2.75) is 62.0 Å². The molecule has 0 amide bonds. The molecule has 2 heterocycles. The summed E-state index contributed by atoms with van der Waals surface area (Å²) in [5.74, 6) is 0.552. The van der Waals surface area contributed by atoms with E-state index >= 15 is 0 Å². The molecule has 1 aliphatic heterocycles. The minimum absolute atomic E-state index is 0.0834. The molecule has 0 radical (unpaired) electrons. The minimum atomic E-state index is -0.388. The van der Waals surface area contributed by atoms with Gasteiger partial charge in [-0.3, -0.25) is 14.7 Å². The summed E-state index contributed by atoms with van der Waals surface area (Å²) in [5.41, 5.74) is 2.99. The van der Waals surface area contributed by atoms with Gasteiger partial charge in [-0.25, -0.2) is 4.79 Å². The van der Waals surface area contributed by atoms with Gasteiger partial charge in [0.2, 0.25) is 0 Å². The van der Waals surface area contributed by atoms with E-state index in [4.69, 9.17) is 4.74 Å². The fourth-order valence-electron chi connectivity index (χ4n) is 3.96. The second kappa shape index (κ2) is 8.45. The molecule has 0 unspecified atom stereocenters. The Morgan fingerprint density at radius 2 is 2.14 bits per heavy atom. The molecule has 4 rings (SSSR count). The Balaban J connectivity index is 1.59. The van der Waals surface area contributed by atoms with Gasteiger partial charge in [0, 0.05) is 35.7 Å². The molecule has 1 aromatic carbocycles. The van der Waals surface area contributed by atoms with Gasteiger partial charge in [-0.15, -0.1) is 11.8 Å². The molecule has 2 aromatic rings. The third kappa shape index (κ3) is 4.12. The summed E-state index contributed by atoms with van der Waals surface area (Å²) in [7, 11) is 0. The van der Waals surface area contributed by atoms with E-state index < -0.39 is 0 Å². The molecule has 0 spiro atoms. The van der Waals surface area contributed by atoms with Crippen molar-refractivity contribution in [1.29, 1.82) is 0 Å². The first kappa shape index (κ1) is 19.1. The summed E-state index contributed by atoms with van der Waals surface area (Å²) in [5, 5.41) is 11.7. The Bertz CT molecular complexity index is 938. The first-order valence-corrected chi connectivity index (χ1v) is 10.7. The Labute approximate surface area is 167 Å². The first-order valence-electron chi connectivity index (χ1n) is 9.72. The fourth-order valence-corrected chi connectivity index (χ4v) is 4.98. The van der Waals surface area contributed by atoms with Gasteiger partial charge in [-0.05, 0) is 44.1 Å². The molecule has 1 atom stereocenters. The zero-order valence-corrected chi connectivity index (χ0v) is 16.5. The van der Waals surface area contributed by atoms with Gasteiger partial charge in [0.05, 0.1) is 17.6 Å². The van der Waals surface area contributed by atoms with E-state index in [-0.39, 0.29) is 22.4 Å². The van der Waals surface area contributed by atoms with Crippen molar-refractivity contribution < 1.29 is 9.66 Å². The quantitative estimate of drug-likeness (QED) is 0.319. The second-order valence-electron chi connectivity index (χ2n) is 7.29. The highest BCUT2D eigenvalue weighted by Gasteiger charge is 2.24. The molecule has 2 aliphatic rings. The number of hydrogen-bond donors (Lipinski definition) is 0. The van der Waals surface area contributed by atoms with Crippen LogP contribution in [-0.2, 0) is 29.9 Å². The average Bonchev–Trinajstić information content (AvgIpc) is 3.22. The predicted molar refractivity (Wildman–Crippen MR) is 107 cm³/mol. The highest BCUT2D eigenvalue weighted by atomic mass is 32.2. The Morgan fingerprint density at radius 3 is 2.93 bits per heavy atom. The first-order chi connectivity index (χ1) is 13.6. The van der Waals surface area contributed by atoms with Crippen molar-refractivity contribution in [2.75, 3.05) is 6.61 Å². The Morgan fingerprint density at radius 1 is 1.29 bits per heavy atom. The lowest BCUT2D eigenvalue weighted by Gasteiger charge is -2.24. The van der Waals surface area contributed by atoms with Crippen LogP contribution in [-0.4, -0.2) is 27.2 Å². The largest absolute Gasteiger partial charge is 0.376 e. The smallest absolute Gasteiger partial charge is 0.348 e. The molecule has 1 aliphatic carbocycles. The summed E-state index contributed by atoms with van der Waals surface area (Å²) >= 11 is 1.50. The maximum atomic E-state index is 12.7. The maximum absolute atomic E-state index is 12.7. The summed E-state index contributed by atoms with van der Waals surface area (Å²) in [6.07, 6.45) is 6.13. The topological polar surface area (TPSA) is 87.3 Å². The molecule has 8 heteroatoms. The van der Waals surface area contributed by atoms with E-state index in [0.29, 0.717) is 12.3 Å². The minimum Gasteiger partial charge on any atom is -0.376 e. The van der Waals surface area contributed by atoms with Gasteiger partial charge in [0.15, 0.2) is 0 Å². The maximum Gasteiger partial charge on any atom is 0.348 e. The molecule has 0 saturated carbocycles. The van der Waals surface area contributed by atoms with Crippen LogP contribution in [0.4, 0.5) is 5.69 Å². The second-order valence-corrected chi connectivity index (χ2v) is 8.26. The van der Waals surface area contributed by atoms with Gasteiger partial charge in [-0.1, -0.05) is 12.1 Å². The fraction of sp³-hybridized carbons (Fsp3) is 0.500. The number of non-ortho nitro benzene ring substituents is 1. The van der Waals surface area contributed by atoms with Crippen molar-refractivity contribution in [3.63, 3.8) is 0 Å². The molecule has 1 aromatic heterocycles. The highest BCUT2D eigenvalue weighted by Crippen LogP contribution is 2.31. The summed E-state index contributed by atoms with van der Waals surface area (Å²) in [6.45, 7) is 1.36. The zero-order chi connectivity index (χ0) is 19.5. The third-order valence-corrected chi connectivity index (χ3v) is 6.45. The van der Waals surface area contributed by atoms with Crippen LogP contribution >= 0.6 is 11.8 Å². The summed E-state index contributed by atoms with van der Waals surface area (Å²) in [4.78, 5) is 27.7. The van der Waals surface area contributed by atoms with Crippen LogP contribution in [0, 0.1) is 10.1 Å². The Hall–Kier alpha value is -2.19. The number of nitrogens with zero attached hydrogens (tertiary/aromatic N) is 3. The van der Waals surface area contributed by atoms with E-state index in [1.54, 1.807) is 12.1 Å². The van der Waals surface area contributed by atoms with Gasteiger partial charge in [0.25, 0.3) is 5.69 Å². The van der Waals surface area contributed by atoms with E-state index in [9.17, 15) is 14.9 Å². The molecule has 1 saturated heterocycles. The molecule has 28 heavy (non-hydrogen) atoms. The Kier molecular flexibility index (Phi) is 5.77. The molecule has 0 bridgehead atoms. The number of rotatable bonds is 6. The van der Waals surface area contributed by atoms with Crippen LogP contribution in [0.2, 0.25) is 0 Å². The number of nitro benzene ring substituents is 1. The van der Waals surface area contributed by atoms with E-state index in [2.05, 4.69) is 4.98 Å². The van der Waals surface area contributed by atoms with Crippen LogP contribution in [0.3, 0.4) is 0 Å². The van der Waals surface area contributed by atoms with Crippen LogP contribution in [0.15, 0.2) is 34.1 Å². The average molecular weight is 401 g/mol. The molecule has 148 valence electrons. The normalized spacial score (nSPS) is 18.8. The molecular weight excluding hydrogens is 378 g/mol. The SMILES string of the molecule is O=c1nc(SCc2cccc([N+](=O)[O-])c2)c2c(n1C[C@H]1CCCO1)CCCC2. The van der Waals surface area contributed by atoms with Gasteiger partial charge < -0.3 is 4.74 Å².